The minimum atomic E-state index is -5.17. The maximum Gasteiger partial charge on any atom is 0.455 e. The molecule has 0 saturated carbocycles. The van der Waals surface area contributed by atoms with Gasteiger partial charge in [0.1, 0.15) is 5.75 Å². The average Bonchev–Trinajstić information content (AvgIpc) is 3.30. The number of phenols is 1. The Bertz CT molecular complexity index is 1790. The summed E-state index contributed by atoms with van der Waals surface area (Å²) in [7, 11) is -1.34. The van der Waals surface area contributed by atoms with Gasteiger partial charge in [0, 0.05) is 6.20 Å². The van der Waals surface area contributed by atoms with Gasteiger partial charge in [0.25, 0.3) is 0 Å². The van der Waals surface area contributed by atoms with Gasteiger partial charge < -0.3 is 14.8 Å². The second kappa shape index (κ2) is 13.1. The summed E-state index contributed by atoms with van der Waals surface area (Å²) in [4.78, 5) is 32.6. The van der Waals surface area contributed by atoms with Crippen LogP contribution in [-0.2, 0) is 26.6 Å². The molecule has 6 rings (SSSR count). The van der Waals surface area contributed by atoms with Crippen molar-refractivity contribution in [3.8, 4) is 5.75 Å². The monoisotopic (exact) mass is 684 g/mol. The zero-order valence-corrected chi connectivity index (χ0v) is 26.1. The SMILES string of the molecule is CCC1=C2[C@@H](CC/C(=C/c3cccc(O)c3)c3ccccn3)OB(O)C[C@@H]2[C@@H]2C(=O)N(c3cc(C(F)(F)F)cc(C(F)(F)F)c3)C(=O)[C@@H]2C1. The second-order valence-electron chi connectivity index (χ2n) is 12.5. The van der Waals surface area contributed by atoms with E-state index in [-0.39, 0.29) is 24.6 Å². The average molecular weight is 684 g/mol. The highest BCUT2D eigenvalue weighted by Gasteiger charge is 2.58. The van der Waals surface area contributed by atoms with Crippen LogP contribution in [0.1, 0.15) is 55.0 Å². The number of rotatable bonds is 7. The van der Waals surface area contributed by atoms with E-state index in [2.05, 4.69) is 4.98 Å². The van der Waals surface area contributed by atoms with Crippen molar-refractivity contribution in [3.05, 3.63) is 100 Å². The molecule has 2 N–H and O–H groups in total. The summed E-state index contributed by atoms with van der Waals surface area (Å²) in [6.45, 7) is 1.85. The smallest absolute Gasteiger partial charge is 0.455 e. The van der Waals surface area contributed by atoms with Gasteiger partial charge in [0.05, 0.1) is 40.4 Å². The first-order chi connectivity index (χ1) is 23.2. The number of amides is 2. The lowest BCUT2D eigenvalue weighted by Gasteiger charge is -2.43. The zero-order valence-electron chi connectivity index (χ0n) is 26.1. The van der Waals surface area contributed by atoms with Crippen molar-refractivity contribution in [2.24, 2.45) is 17.8 Å². The number of pyridine rings is 1. The molecule has 0 unspecified atom stereocenters. The standard InChI is InChI=1S/C35H31BF6N2O5/c1-2-20-14-26-31(33(47)44(32(26)46)24-16-22(34(37,38)39)15-23(17-24)35(40,41)42)27-18-36(48)49-29(30(20)27)10-9-21(28-8-3-4-11-43-28)12-19-6-5-7-25(45)13-19/h3-8,11-13,15-17,26-27,29,31,45,48H,2,9-10,14,18H2,1H3/b21-12-/t26-,27+,29-,31-/m1/s1. The van der Waals surface area contributed by atoms with E-state index in [0.29, 0.717) is 42.0 Å². The molecule has 3 aromatic rings. The first kappa shape index (κ1) is 34.4. The summed E-state index contributed by atoms with van der Waals surface area (Å²) in [6.07, 6.45) is -6.39. The van der Waals surface area contributed by atoms with Crippen molar-refractivity contribution in [2.75, 3.05) is 4.90 Å². The van der Waals surface area contributed by atoms with E-state index in [1.165, 1.54) is 0 Å². The molecule has 0 radical (unpaired) electrons. The molecule has 7 nitrogen and oxygen atoms in total. The van der Waals surface area contributed by atoms with E-state index in [9.17, 15) is 46.1 Å². The summed E-state index contributed by atoms with van der Waals surface area (Å²) in [6, 6.07) is 12.8. The van der Waals surface area contributed by atoms with Gasteiger partial charge in [-0.3, -0.25) is 14.6 Å². The lowest BCUT2D eigenvalue weighted by molar-refractivity contribution is -0.143. The number of nitrogens with zero attached hydrogens (tertiary/aromatic N) is 2. The Labute approximate surface area is 278 Å². The predicted molar refractivity (Wildman–Crippen MR) is 168 cm³/mol. The number of anilines is 1. The lowest BCUT2D eigenvalue weighted by Crippen LogP contribution is -2.46. The molecule has 256 valence electrons. The van der Waals surface area contributed by atoms with Gasteiger partial charge in [-0.15, -0.1) is 0 Å². The van der Waals surface area contributed by atoms with Gasteiger partial charge in [0.15, 0.2) is 0 Å². The number of allylic oxidation sites excluding steroid dienone is 2. The Hall–Kier alpha value is -4.43. The predicted octanol–water partition coefficient (Wildman–Crippen LogP) is 7.56. The number of benzene rings is 2. The third-order valence-electron chi connectivity index (χ3n) is 9.45. The van der Waals surface area contributed by atoms with Crippen LogP contribution in [0.2, 0.25) is 6.32 Å². The normalized spacial score (nSPS) is 23.2. The lowest BCUT2D eigenvalue weighted by atomic mass is 9.58. The molecule has 1 aromatic heterocycles. The Morgan fingerprint density at radius 1 is 0.980 bits per heavy atom. The number of halogens is 6. The highest BCUT2D eigenvalue weighted by Crippen LogP contribution is 2.52. The van der Waals surface area contributed by atoms with Gasteiger partial charge in [-0.1, -0.05) is 30.7 Å². The largest absolute Gasteiger partial charge is 0.508 e. The number of carbonyl (C=O) groups is 2. The van der Waals surface area contributed by atoms with Gasteiger partial charge in [-0.05, 0) is 103 Å². The van der Waals surface area contributed by atoms with Crippen LogP contribution in [0.15, 0.2) is 78.0 Å². The third kappa shape index (κ3) is 6.89. The number of phenolic OH excluding ortho intramolecular Hbond substituents is 1. The fourth-order valence-corrected chi connectivity index (χ4v) is 7.35. The summed E-state index contributed by atoms with van der Waals surface area (Å²) in [5.41, 5.74) is -0.379. The Morgan fingerprint density at radius 2 is 1.69 bits per heavy atom. The van der Waals surface area contributed by atoms with Crippen molar-refractivity contribution < 1.29 is 50.7 Å². The topological polar surface area (TPSA) is 100.0 Å². The zero-order chi connectivity index (χ0) is 35.2. The van der Waals surface area contributed by atoms with Crippen LogP contribution in [0.4, 0.5) is 32.0 Å². The van der Waals surface area contributed by atoms with E-state index in [1.54, 1.807) is 30.5 Å². The highest BCUT2D eigenvalue weighted by molar-refractivity contribution is 6.43. The van der Waals surface area contributed by atoms with E-state index in [4.69, 9.17) is 4.65 Å². The molecule has 2 fully saturated rings. The molecule has 2 amide bonds. The van der Waals surface area contributed by atoms with E-state index in [0.717, 1.165) is 22.3 Å². The first-order valence-electron chi connectivity index (χ1n) is 15.8. The van der Waals surface area contributed by atoms with Crippen LogP contribution in [-0.4, -0.2) is 40.2 Å². The van der Waals surface area contributed by atoms with Gasteiger partial charge in [0.2, 0.25) is 11.8 Å². The Morgan fingerprint density at radius 3 is 2.31 bits per heavy atom. The molecular formula is C35H31BF6N2O5. The summed E-state index contributed by atoms with van der Waals surface area (Å²) in [5.74, 6) is -4.58. The molecule has 1 aliphatic carbocycles. The maximum absolute atomic E-state index is 14.0. The first-order valence-corrected chi connectivity index (χ1v) is 15.8. The molecule has 0 bridgehead atoms. The number of aromatic hydroxyl groups is 1. The number of hydrogen-bond acceptors (Lipinski definition) is 6. The summed E-state index contributed by atoms with van der Waals surface area (Å²) >= 11 is 0. The van der Waals surface area contributed by atoms with Crippen LogP contribution >= 0.6 is 0 Å². The number of fused-ring (bicyclic) bond motifs is 3. The molecule has 4 atom stereocenters. The molecule has 0 spiro atoms. The molecule has 2 aromatic carbocycles. The van der Waals surface area contributed by atoms with Crippen LogP contribution in [0.5, 0.6) is 5.75 Å². The number of imide groups is 1. The van der Waals surface area contributed by atoms with E-state index in [1.807, 2.05) is 31.2 Å². The van der Waals surface area contributed by atoms with Gasteiger partial charge in [-0.25, -0.2) is 4.90 Å². The number of carbonyl (C=O) groups excluding carboxylic acids is 2. The molecule has 2 aliphatic heterocycles. The molecule has 2 saturated heterocycles. The van der Waals surface area contributed by atoms with Crippen molar-refractivity contribution in [2.45, 2.75) is 57.4 Å². The van der Waals surface area contributed by atoms with Crippen LogP contribution < -0.4 is 4.90 Å². The fourth-order valence-electron chi connectivity index (χ4n) is 7.35. The molecule has 3 heterocycles. The third-order valence-corrected chi connectivity index (χ3v) is 9.45. The fraction of sp³-hybridized carbons (Fsp3) is 0.343. The quantitative estimate of drug-likeness (QED) is 0.115. The molecule has 14 heteroatoms. The van der Waals surface area contributed by atoms with E-state index >= 15 is 0 Å². The molecule has 49 heavy (non-hydrogen) atoms. The van der Waals surface area contributed by atoms with Crippen molar-refractivity contribution in [3.63, 3.8) is 0 Å². The van der Waals surface area contributed by atoms with Crippen molar-refractivity contribution >= 4 is 36.3 Å². The molecular weight excluding hydrogens is 653 g/mol. The van der Waals surface area contributed by atoms with Crippen LogP contribution in [0, 0.1) is 17.8 Å². The Balaban J connectivity index is 1.34. The Kier molecular flexibility index (Phi) is 9.22. The molecule has 3 aliphatic rings. The number of hydrogen-bond donors (Lipinski definition) is 2. The summed E-state index contributed by atoms with van der Waals surface area (Å²) < 4.78 is 88.1. The minimum absolute atomic E-state index is 0.0516. The van der Waals surface area contributed by atoms with Gasteiger partial charge in [-0.2, -0.15) is 26.3 Å². The van der Waals surface area contributed by atoms with Crippen molar-refractivity contribution in [1.82, 2.24) is 4.98 Å². The number of aromatic nitrogens is 1. The minimum Gasteiger partial charge on any atom is -0.508 e. The second-order valence-corrected chi connectivity index (χ2v) is 12.5. The van der Waals surface area contributed by atoms with E-state index < -0.39 is 72.0 Å². The van der Waals surface area contributed by atoms with Gasteiger partial charge >= 0.3 is 19.5 Å². The number of alkyl halides is 6. The maximum atomic E-state index is 14.0. The van der Waals surface area contributed by atoms with Crippen molar-refractivity contribution in [1.29, 1.82) is 0 Å². The van der Waals surface area contributed by atoms with Crippen LogP contribution in [0.25, 0.3) is 11.6 Å². The highest BCUT2D eigenvalue weighted by atomic mass is 19.4. The summed E-state index contributed by atoms with van der Waals surface area (Å²) in [5, 5.41) is 20.9. The van der Waals surface area contributed by atoms with Crippen LogP contribution in [0.3, 0.4) is 0 Å².